The van der Waals surface area contributed by atoms with Crippen molar-refractivity contribution in [3.8, 4) is 5.75 Å². The second kappa shape index (κ2) is 5.98. The first-order valence-corrected chi connectivity index (χ1v) is 6.88. The van der Waals surface area contributed by atoms with Crippen molar-refractivity contribution in [3.05, 3.63) is 23.2 Å². The van der Waals surface area contributed by atoms with Crippen molar-refractivity contribution >= 4 is 21.6 Å². The minimum absolute atomic E-state index is 0.718. The molecule has 0 aliphatic rings. The maximum atomic E-state index is 5.77. The van der Waals surface area contributed by atoms with Crippen LogP contribution in [0.1, 0.15) is 24.8 Å². The molecule has 0 saturated heterocycles. The number of aryl methyl sites for hydroxylation is 1. The Morgan fingerprint density at radius 3 is 3.00 bits per heavy atom. The van der Waals surface area contributed by atoms with Crippen molar-refractivity contribution in [2.24, 2.45) is 5.73 Å². The molecule has 17 heavy (non-hydrogen) atoms. The molecule has 92 valence electrons. The second-order valence-corrected chi connectivity index (χ2v) is 5.02. The van der Waals surface area contributed by atoms with Crippen LogP contribution in [0.25, 0.3) is 10.2 Å². The quantitative estimate of drug-likeness (QED) is 0.802. The molecule has 0 amide bonds. The maximum absolute atomic E-state index is 5.77. The van der Waals surface area contributed by atoms with E-state index in [2.05, 4.69) is 18.0 Å². The molecule has 0 fully saturated rings. The molecule has 0 bridgehead atoms. The van der Waals surface area contributed by atoms with Gasteiger partial charge >= 0.3 is 0 Å². The zero-order valence-electron chi connectivity index (χ0n) is 10.1. The summed E-state index contributed by atoms with van der Waals surface area (Å²) in [5.41, 5.74) is 6.46. The van der Waals surface area contributed by atoms with E-state index in [9.17, 15) is 0 Å². The molecule has 3 nitrogen and oxygen atoms in total. The van der Waals surface area contributed by atoms with E-state index in [4.69, 9.17) is 10.5 Å². The van der Waals surface area contributed by atoms with Gasteiger partial charge in [-0.15, -0.1) is 11.3 Å². The summed E-state index contributed by atoms with van der Waals surface area (Å²) in [7, 11) is 0. The fourth-order valence-electron chi connectivity index (χ4n) is 1.67. The number of hydrogen-bond acceptors (Lipinski definition) is 4. The van der Waals surface area contributed by atoms with Gasteiger partial charge in [0.1, 0.15) is 11.3 Å². The van der Waals surface area contributed by atoms with Gasteiger partial charge in [-0.05, 0) is 37.9 Å². The van der Waals surface area contributed by atoms with Crippen LogP contribution in [0.3, 0.4) is 0 Å². The standard InChI is InChI=1S/C13H18N2OS/c1-2-12-15-13-10(16-9-4-3-8-14)6-5-7-11(13)17-12/h5-7H,2-4,8-9,14H2,1H3. The lowest BCUT2D eigenvalue weighted by Gasteiger charge is -2.05. The third kappa shape index (κ3) is 2.96. The van der Waals surface area contributed by atoms with E-state index in [0.29, 0.717) is 0 Å². The minimum atomic E-state index is 0.718. The highest BCUT2D eigenvalue weighted by Gasteiger charge is 2.07. The summed E-state index contributed by atoms with van der Waals surface area (Å²) < 4.78 is 6.97. The molecule has 2 rings (SSSR count). The first-order chi connectivity index (χ1) is 8.35. The SMILES string of the molecule is CCc1nc2c(OCCCCN)cccc2s1. The van der Waals surface area contributed by atoms with Gasteiger partial charge in [-0.1, -0.05) is 13.0 Å². The Bertz CT molecular complexity index is 481. The summed E-state index contributed by atoms with van der Waals surface area (Å²) in [5, 5.41) is 1.16. The van der Waals surface area contributed by atoms with Crippen LogP contribution in [0.2, 0.25) is 0 Å². The molecule has 1 aromatic heterocycles. The molecule has 0 radical (unpaired) electrons. The van der Waals surface area contributed by atoms with Crippen molar-refractivity contribution in [1.82, 2.24) is 4.98 Å². The summed E-state index contributed by atoms with van der Waals surface area (Å²) in [5.74, 6) is 0.899. The molecule has 1 aromatic carbocycles. The summed E-state index contributed by atoms with van der Waals surface area (Å²) in [6.07, 6.45) is 2.98. The highest BCUT2D eigenvalue weighted by Crippen LogP contribution is 2.29. The van der Waals surface area contributed by atoms with Crippen molar-refractivity contribution in [1.29, 1.82) is 0 Å². The molecular weight excluding hydrogens is 232 g/mol. The van der Waals surface area contributed by atoms with Crippen molar-refractivity contribution < 1.29 is 4.74 Å². The van der Waals surface area contributed by atoms with Gasteiger partial charge in [0, 0.05) is 0 Å². The van der Waals surface area contributed by atoms with E-state index in [1.165, 1.54) is 4.70 Å². The van der Waals surface area contributed by atoms with Crippen molar-refractivity contribution in [2.75, 3.05) is 13.2 Å². The van der Waals surface area contributed by atoms with Crippen molar-refractivity contribution in [2.45, 2.75) is 26.2 Å². The maximum Gasteiger partial charge on any atom is 0.146 e. The summed E-state index contributed by atoms with van der Waals surface area (Å²) in [6.45, 7) is 3.57. The molecule has 1 heterocycles. The number of para-hydroxylation sites is 1. The Labute approximate surface area is 106 Å². The first-order valence-electron chi connectivity index (χ1n) is 6.06. The fraction of sp³-hybridized carbons (Fsp3) is 0.462. The average molecular weight is 250 g/mol. The number of nitrogens with two attached hydrogens (primary N) is 1. The fourth-order valence-corrected chi connectivity index (χ4v) is 2.59. The van der Waals surface area contributed by atoms with E-state index in [1.807, 2.05) is 12.1 Å². The Kier molecular flexibility index (Phi) is 4.34. The molecular formula is C13H18N2OS. The van der Waals surface area contributed by atoms with E-state index in [0.717, 1.165) is 48.7 Å². The summed E-state index contributed by atoms with van der Waals surface area (Å²) in [6, 6.07) is 6.11. The van der Waals surface area contributed by atoms with Gasteiger partial charge in [-0.25, -0.2) is 4.98 Å². The molecule has 2 N–H and O–H groups in total. The number of ether oxygens (including phenoxy) is 1. The minimum Gasteiger partial charge on any atom is -0.491 e. The number of hydrogen-bond donors (Lipinski definition) is 1. The monoisotopic (exact) mass is 250 g/mol. The van der Waals surface area contributed by atoms with E-state index < -0.39 is 0 Å². The summed E-state index contributed by atoms with van der Waals surface area (Å²) in [4.78, 5) is 4.60. The van der Waals surface area contributed by atoms with Gasteiger partial charge in [0.05, 0.1) is 16.3 Å². The molecule has 0 atom stereocenters. The number of unbranched alkanes of at least 4 members (excludes halogenated alkanes) is 1. The van der Waals surface area contributed by atoms with Crippen LogP contribution in [-0.4, -0.2) is 18.1 Å². The zero-order chi connectivity index (χ0) is 12.1. The Hall–Kier alpha value is -1.13. The predicted octanol–water partition coefficient (Wildman–Crippen LogP) is 2.98. The lowest BCUT2D eigenvalue weighted by atomic mass is 10.3. The van der Waals surface area contributed by atoms with E-state index in [-0.39, 0.29) is 0 Å². The number of benzene rings is 1. The number of thiazole rings is 1. The molecule has 0 aliphatic heterocycles. The number of nitrogens with zero attached hydrogens (tertiary/aromatic N) is 1. The van der Waals surface area contributed by atoms with E-state index in [1.54, 1.807) is 11.3 Å². The number of fused-ring (bicyclic) bond motifs is 1. The highest BCUT2D eigenvalue weighted by molar-refractivity contribution is 7.18. The Morgan fingerprint density at radius 2 is 2.24 bits per heavy atom. The Morgan fingerprint density at radius 1 is 1.35 bits per heavy atom. The van der Waals surface area contributed by atoms with Crippen LogP contribution in [-0.2, 0) is 6.42 Å². The van der Waals surface area contributed by atoms with Gasteiger partial charge in [-0.3, -0.25) is 0 Å². The molecule has 0 spiro atoms. The van der Waals surface area contributed by atoms with Crippen LogP contribution in [0.5, 0.6) is 5.75 Å². The van der Waals surface area contributed by atoms with Gasteiger partial charge in [0.2, 0.25) is 0 Å². The Balaban J connectivity index is 2.13. The lowest BCUT2D eigenvalue weighted by Crippen LogP contribution is -2.03. The second-order valence-electron chi connectivity index (χ2n) is 3.91. The average Bonchev–Trinajstić information content (AvgIpc) is 2.78. The molecule has 0 unspecified atom stereocenters. The molecule has 0 aliphatic carbocycles. The lowest BCUT2D eigenvalue weighted by molar-refractivity contribution is 0.311. The number of rotatable bonds is 6. The molecule has 0 saturated carbocycles. The predicted molar refractivity (Wildman–Crippen MR) is 72.8 cm³/mol. The van der Waals surface area contributed by atoms with Crippen LogP contribution in [0.15, 0.2) is 18.2 Å². The molecule has 2 aromatic rings. The normalized spacial score (nSPS) is 10.9. The third-order valence-electron chi connectivity index (χ3n) is 2.58. The zero-order valence-corrected chi connectivity index (χ0v) is 10.9. The highest BCUT2D eigenvalue weighted by atomic mass is 32.1. The van der Waals surface area contributed by atoms with Crippen LogP contribution in [0, 0.1) is 0 Å². The molecule has 4 heteroatoms. The van der Waals surface area contributed by atoms with Gasteiger partial charge < -0.3 is 10.5 Å². The van der Waals surface area contributed by atoms with Crippen LogP contribution >= 0.6 is 11.3 Å². The van der Waals surface area contributed by atoms with Crippen LogP contribution in [0.4, 0.5) is 0 Å². The van der Waals surface area contributed by atoms with Gasteiger partial charge in [0.15, 0.2) is 0 Å². The first kappa shape index (κ1) is 12.3. The summed E-state index contributed by atoms with van der Waals surface area (Å²) >= 11 is 1.74. The van der Waals surface area contributed by atoms with Gasteiger partial charge in [-0.2, -0.15) is 0 Å². The smallest absolute Gasteiger partial charge is 0.146 e. The topological polar surface area (TPSA) is 48.1 Å². The number of aromatic nitrogens is 1. The third-order valence-corrected chi connectivity index (χ3v) is 3.75. The largest absolute Gasteiger partial charge is 0.491 e. The van der Waals surface area contributed by atoms with Crippen molar-refractivity contribution in [3.63, 3.8) is 0 Å². The van der Waals surface area contributed by atoms with Gasteiger partial charge in [0.25, 0.3) is 0 Å². The van der Waals surface area contributed by atoms with Crippen LogP contribution < -0.4 is 10.5 Å². The van der Waals surface area contributed by atoms with E-state index >= 15 is 0 Å².